The first-order chi connectivity index (χ1) is 23.9. The molecule has 4 aliphatic rings. The third kappa shape index (κ3) is 2.84. The van der Waals surface area contributed by atoms with Gasteiger partial charge < -0.3 is 9.38 Å². The Balaban J connectivity index is 1.37. The maximum Gasteiger partial charge on any atom is 0.333 e. The van der Waals surface area contributed by atoms with Gasteiger partial charge in [-0.3, -0.25) is 0 Å². The van der Waals surface area contributed by atoms with Crippen LogP contribution in [0.2, 0.25) is 0 Å². The highest BCUT2D eigenvalue weighted by atomic mass is 15.1. The number of anilines is 2. The number of hydrogen-bond donors (Lipinski definition) is 0. The Hall–Kier alpha value is -5.54. The molecule has 0 bridgehead atoms. The first-order valence-electron chi connectivity index (χ1n) is 17.7. The monoisotopic (exact) mass is 624 g/mol. The van der Waals surface area contributed by atoms with Gasteiger partial charge in [0.2, 0.25) is 0 Å². The van der Waals surface area contributed by atoms with E-state index in [1.807, 2.05) is 0 Å². The molecule has 0 spiro atoms. The first-order valence-corrected chi connectivity index (χ1v) is 17.7. The van der Waals surface area contributed by atoms with Crippen molar-refractivity contribution >= 4 is 61.7 Å². The molecular weight excluding hydrogens is 591 g/mol. The largest absolute Gasteiger partial charge is 0.376 e. The van der Waals surface area contributed by atoms with E-state index in [1.165, 1.54) is 105 Å². The summed E-state index contributed by atoms with van der Waals surface area (Å²) in [6.07, 6.45) is 0. The van der Waals surface area contributed by atoms with Crippen LogP contribution in [-0.2, 0) is 10.8 Å². The molecule has 12 rings (SSSR count). The van der Waals surface area contributed by atoms with E-state index in [4.69, 9.17) is 0 Å². The predicted molar refractivity (Wildman–Crippen MR) is 207 cm³/mol. The Morgan fingerprint density at radius 3 is 2.08 bits per heavy atom. The zero-order valence-corrected chi connectivity index (χ0v) is 28.1. The van der Waals surface area contributed by atoms with Crippen molar-refractivity contribution in [3.63, 3.8) is 0 Å². The normalized spacial score (nSPS) is 16.4. The van der Waals surface area contributed by atoms with Crippen LogP contribution in [0.25, 0.3) is 60.5 Å². The third-order valence-corrected chi connectivity index (χ3v) is 12.7. The van der Waals surface area contributed by atoms with E-state index >= 15 is 0 Å². The third-order valence-electron chi connectivity index (χ3n) is 12.7. The fourth-order valence-electron chi connectivity index (χ4n) is 10.7. The van der Waals surface area contributed by atoms with Crippen LogP contribution in [0.5, 0.6) is 0 Å². The predicted octanol–water partition coefficient (Wildman–Crippen LogP) is 10.1. The Labute approximate surface area is 286 Å². The first kappa shape index (κ1) is 26.4. The van der Waals surface area contributed by atoms with Crippen LogP contribution in [0.3, 0.4) is 0 Å². The summed E-state index contributed by atoms with van der Waals surface area (Å²) >= 11 is 0. The Kier molecular flexibility index (Phi) is 4.51. The number of benzene rings is 7. The Morgan fingerprint density at radius 2 is 1.18 bits per heavy atom. The van der Waals surface area contributed by atoms with Crippen molar-refractivity contribution in [3.05, 3.63) is 150 Å². The number of aromatic nitrogens is 1. The van der Waals surface area contributed by atoms with Gasteiger partial charge in [0.15, 0.2) is 0 Å². The molecule has 0 atom stereocenters. The molecule has 8 aromatic rings. The lowest BCUT2D eigenvalue weighted by Gasteiger charge is -2.50. The summed E-state index contributed by atoms with van der Waals surface area (Å²) in [5.41, 5.74) is 20.4. The fourth-order valence-corrected chi connectivity index (χ4v) is 10.7. The number of nitrogens with zero attached hydrogens (tertiary/aromatic N) is 2. The molecule has 49 heavy (non-hydrogen) atoms. The SMILES string of the molecule is CC1(C)c2ccccc2N2B3c4c(cc5c(c4-n4c6c3cccc6c3ccc6ccccc6c34)C(C)(C)c3ccccc3-5)-c3cccc1c32. The van der Waals surface area contributed by atoms with Crippen molar-refractivity contribution in [3.8, 4) is 27.9 Å². The number of rotatable bonds is 0. The van der Waals surface area contributed by atoms with E-state index < -0.39 is 0 Å². The molecule has 4 heterocycles. The Bertz CT molecular complexity index is 2850. The quantitative estimate of drug-likeness (QED) is 0.153. The van der Waals surface area contributed by atoms with Crippen LogP contribution in [0, 0.1) is 0 Å². The lowest BCUT2D eigenvalue weighted by Crippen LogP contribution is -2.62. The van der Waals surface area contributed by atoms with Gasteiger partial charge in [0.1, 0.15) is 0 Å². The van der Waals surface area contributed by atoms with E-state index in [1.54, 1.807) is 0 Å². The van der Waals surface area contributed by atoms with Gasteiger partial charge in [0.25, 0.3) is 0 Å². The highest BCUT2D eigenvalue weighted by molar-refractivity contribution is 6.94. The lowest BCUT2D eigenvalue weighted by atomic mass is 9.42. The second-order valence-corrected chi connectivity index (χ2v) is 15.7. The Morgan fingerprint density at radius 1 is 0.490 bits per heavy atom. The van der Waals surface area contributed by atoms with Gasteiger partial charge >= 0.3 is 6.85 Å². The average molecular weight is 625 g/mol. The second-order valence-electron chi connectivity index (χ2n) is 15.7. The minimum absolute atomic E-state index is 0.0347. The average Bonchev–Trinajstić information content (AvgIpc) is 3.59. The summed E-state index contributed by atoms with van der Waals surface area (Å²) in [5, 5.41) is 5.25. The molecule has 3 heteroatoms. The van der Waals surface area contributed by atoms with Gasteiger partial charge in [-0.15, -0.1) is 0 Å². The van der Waals surface area contributed by atoms with Crippen molar-refractivity contribution in [1.82, 2.24) is 4.57 Å². The number of fused-ring (bicyclic) bond motifs is 15. The van der Waals surface area contributed by atoms with Crippen LogP contribution in [0.4, 0.5) is 11.4 Å². The molecule has 230 valence electrons. The van der Waals surface area contributed by atoms with E-state index in [0.717, 1.165) is 0 Å². The van der Waals surface area contributed by atoms with E-state index in [2.05, 4.69) is 164 Å². The molecule has 2 nitrogen and oxygen atoms in total. The minimum Gasteiger partial charge on any atom is -0.376 e. The molecule has 0 saturated carbocycles. The number of para-hydroxylation sites is 3. The highest BCUT2D eigenvalue weighted by Gasteiger charge is 2.52. The zero-order valence-electron chi connectivity index (χ0n) is 28.1. The topological polar surface area (TPSA) is 8.17 Å². The second kappa shape index (κ2) is 8.36. The maximum atomic E-state index is 2.73. The van der Waals surface area contributed by atoms with Crippen LogP contribution in [0.1, 0.15) is 49.9 Å². The van der Waals surface area contributed by atoms with Crippen LogP contribution >= 0.6 is 0 Å². The van der Waals surface area contributed by atoms with Crippen LogP contribution in [0.15, 0.2) is 127 Å². The zero-order chi connectivity index (χ0) is 32.6. The standard InChI is InChI=1S/C46H33BN2/c1-45(2)35-19-9-10-22-38(35)49-42-30(16-11-20-36(42)45)33-25-32-28-15-7-8-18-34(28)46(3,4)39(32)44-40(33)47(49)37-21-12-17-29-31-24-23-26-13-5-6-14-27(26)41(31)48(44)43(29)37/h5-25H,1-4H3. The molecule has 0 amide bonds. The molecule has 0 saturated heterocycles. The van der Waals surface area contributed by atoms with Crippen molar-refractivity contribution in [2.75, 3.05) is 4.81 Å². The van der Waals surface area contributed by atoms with Crippen LogP contribution in [-0.4, -0.2) is 11.4 Å². The molecule has 1 aromatic heterocycles. The number of hydrogen-bond acceptors (Lipinski definition) is 1. The van der Waals surface area contributed by atoms with Crippen LogP contribution < -0.4 is 15.7 Å². The minimum atomic E-state index is -0.176. The molecule has 0 N–H and O–H groups in total. The molecular formula is C46H33BN2. The van der Waals surface area contributed by atoms with Crippen molar-refractivity contribution in [2.45, 2.75) is 38.5 Å². The fraction of sp³-hybridized carbons (Fsp3) is 0.130. The highest BCUT2D eigenvalue weighted by Crippen LogP contribution is 2.58. The van der Waals surface area contributed by atoms with Crippen molar-refractivity contribution in [1.29, 1.82) is 0 Å². The van der Waals surface area contributed by atoms with Gasteiger partial charge in [-0.2, -0.15) is 0 Å². The van der Waals surface area contributed by atoms with E-state index in [9.17, 15) is 0 Å². The molecule has 0 fully saturated rings. The molecule has 7 aromatic carbocycles. The maximum absolute atomic E-state index is 2.73. The van der Waals surface area contributed by atoms with Gasteiger partial charge in [-0.05, 0) is 67.4 Å². The smallest absolute Gasteiger partial charge is 0.333 e. The van der Waals surface area contributed by atoms with Gasteiger partial charge in [-0.25, -0.2) is 0 Å². The van der Waals surface area contributed by atoms with Gasteiger partial charge in [-0.1, -0.05) is 143 Å². The molecule has 0 radical (unpaired) electrons. The summed E-state index contributed by atoms with van der Waals surface area (Å²) in [6.45, 7) is 9.75. The molecule has 3 aliphatic heterocycles. The summed E-state index contributed by atoms with van der Waals surface area (Å²) in [6, 6.07) is 48.7. The van der Waals surface area contributed by atoms with Crippen molar-refractivity contribution in [2.24, 2.45) is 0 Å². The van der Waals surface area contributed by atoms with Crippen molar-refractivity contribution < 1.29 is 0 Å². The summed E-state index contributed by atoms with van der Waals surface area (Å²) in [5.74, 6) is 0. The van der Waals surface area contributed by atoms with Gasteiger partial charge in [0.05, 0.1) is 11.0 Å². The van der Waals surface area contributed by atoms with Gasteiger partial charge in [0, 0.05) is 49.6 Å². The van der Waals surface area contributed by atoms with E-state index in [-0.39, 0.29) is 17.7 Å². The molecule has 0 unspecified atom stereocenters. The lowest BCUT2D eigenvalue weighted by molar-refractivity contribution is 0.634. The summed E-state index contributed by atoms with van der Waals surface area (Å²) in [7, 11) is 0. The van der Waals surface area contributed by atoms with E-state index in [0.29, 0.717) is 0 Å². The summed E-state index contributed by atoms with van der Waals surface area (Å²) in [4.78, 5) is 2.73. The summed E-state index contributed by atoms with van der Waals surface area (Å²) < 4.78 is 2.71. The molecule has 1 aliphatic carbocycles.